The Morgan fingerprint density at radius 2 is 1.87 bits per heavy atom. The molecule has 0 unspecified atom stereocenters. The smallest absolute Gasteiger partial charge is 0.323 e. The van der Waals surface area contributed by atoms with E-state index in [0.717, 1.165) is 40.4 Å². The molecule has 4 nitrogen and oxygen atoms in total. The Kier molecular flexibility index (Phi) is 6.29. The van der Waals surface area contributed by atoms with Crippen molar-refractivity contribution in [2.45, 2.75) is 25.8 Å². The molecule has 154 valence electrons. The van der Waals surface area contributed by atoms with Gasteiger partial charge in [-0.25, -0.2) is 4.79 Å². The Morgan fingerprint density at radius 3 is 2.70 bits per heavy atom. The van der Waals surface area contributed by atoms with Gasteiger partial charge in [0.1, 0.15) is 17.7 Å². The van der Waals surface area contributed by atoms with Crippen LogP contribution in [0, 0.1) is 13.8 Å². The molecule has 1 saturated heterocycles. The fraction of sp³-hybridized carbons (Fsp3) is 0.240. The first-order valence-electron chi connectivity index (χ1n) is 10.1. The number of nitrogens with zero attached hydrogens (tertiary/aromatic N) is 1. The van der Waals surface area contributed by atoms with Crippen LogP contribution >= 0.6 is 11.8 Å². The van der Waals surface area contributed by atoms with Crippen LogP contribution in [0.5, 0.6) is 5.75 Å². The Bertz CT molecular complexity index is 1020. The van der Waals surface area contributed by atoms with E-state index in [2.05, 4.69) is 36.5 Å². The Labute approximate surface area is 182 Å². The van der Waals surface area contributed by atoms with Crippen molar-refractivity contribution in [1.82, 2.24) is 4.90 Å². The molecule has 1 atom stereocenters. The number of anilines is 1. The monoisotopic (exact) mass is 418 g/mol. The van der Waals surface area contributed by atoms with E-state index in [9.17, 15) is 4.79 Å². The molecule has 1 N–H and O–H groups in total. The van der Waals surface area contributed by atoms with Crippen LogP contribution in [0.2, 0.25) is 0 Å². The van der Waals surface area contributed by atoms with Gasteiger partial charge in [-0.2, -0.15) is 0 Å². The van der Waals surface area contributed by atoms with Crippen LogP contribution in [0.3, 0.4) is 0 Å². The number of carbonyl (C=O) groups is 1. The molecular formula is C25H26N2O2S. The molecule has 3 aromatic carbocycles. The minimum atomic E-state index is -0.0608. The summed E-state index contributed by atoms with van der Waals surface area (Å²) in [5.74, 6) is 1.73. The fourth-order valence-corrected chi connectivity index (χ4v) is 4.77. The predicted octanol–water partition coefficient (Wildman–Crippen LogP) is 6.16. The molecule has 0 saturated carbocycles. The number of thioether (sulfide) groups is 1. The molecule has 1 fully saturated rings. The summed E-state index contributed by atoms with van der Waals surface area (Å²) in [4.78, 5) is 14.9. The highest BCUT2D eigenvalue weighted by atomic mass is 32.2. The molecule has 0 spiro atoms. The first kappa shape index (κ1) is 20.4. The van der Waals surface area contributed by atoms with Crippen molar-refractivity contribution in [3.05, 3.63) is 95.1 Å². The Morgan fingerprint density at radius 1 is 1.07 bits per heavy atom. The van der Waals surface area contributed by atoms with Gasteiger partial charge in [-0.3, -0.25) is 0 Å². The average Bonchev–Trinajstić information content (AvgIpc) is 3.27. The topological polar surface area (TPSA) is 41.6 Å². The molecule has 0 aromatic heterocycles. The van der Waals surface area contributed by atoms with Gasteiger partial charge in [-0.15, -0.1) is 11.8 Å². The molecule has 0 bridgehead atoms. The van der Waals surface area contributed by atoms with E-state index in [4.69, 9.17) is 4.74 Å². The number of rotatable bonds is 5. The molecule has 0 radical (unpaired) electrons. The lowest BCUT2D eigenvalue weighted by Gasteiger charge is -2.25. The predicted molar refractivity (Wildman–Crippen MR) is 124 cm³/mol. The minimum absolute atomic E-state index is 0.0182. The molecule has 5 heteroatoms. The zero-order valence-corrected chi connectivity index (χ0v) is 18.1. The highest BCUT2D eigenvalue weighted by Crippen LogP contribution is 2.39. The van der Waals surface area contributed by atoms with Crippen LogP contribution in [0.15, 0.2) is 72.8 Å². The van der Waals surface area contributed by atoms with Crippen molar-refractivity contribution in [2.24, 2.45) is 0 Å². The summed E-state index contributed by atoms with van der Waals surface area (Å²) in [6.45, 7) is 5.34. The lowest BCUT2D eigenvalue weighted by Crippen LogP contribution is -2.34. The van der Waals surface area contributed by atoms with Gasteiger partial charge in [0.05, 0.1) is 0 Å². The van der Waals surface area contributed by atoms with Crippen molar-refractivity contribution in [1.29, 1.82) is 0 Å². The molecule has 1 heterocycles. The van der Waals surface area contributed by atoms with E-state index in [1.807, 2.05) is 60.4 Å². The number of hydrogen-bond donors (Lipinski definition) is 1. The molecule has 2 amide bonds. The van der Waals surface area contributed by atoms with E-state index in [0.29, 0.717) is 6.61 Å². The second kappa shape index (κ2) is 9.26. The molecule has 1 aliphatic rings. The van der Waals surface area contributed by atoms with Gasteiger partial charge >= 0.3 is 6.03 Å². The maximum atomic E-state index is 13.0. The quantitative estimate of drug-likeness (QED) is 0.539. The molecule has 0 aliphatic carbocycles. The maximum absolute atomic E-state index is 13.0. The SMILES string of the molecule is Cc1cccc(NC(=O)N2CCS[C@@H]2c2cccc(OCc3ccccc3)c2)c1C. The lowest BCUT2D eigenvalue weighted by atomic mass is 10.1. The summed E-state index contributed by atoms with van der Waals surface area (Å²) in [6.07, 6.45) is 0. The third kappa shape index (κ3) is 4.62. The van der Waals surface area contributed by atoms with Crippen LogP contribution in [-0.2, 0) is 6.61 Å². The van der Waals surface area contributed by atoms with E-state index >= 15 is 0 Å². The summed E-state index contributed by atoms with van der Waals surface area (Å²) in [5.41, 5.74) is 5.36. The number of urea groups is 1. The third-order valence-corrected chi connectivity index (χ3v) is 6.65. The number of hydrogen-bond acceptors (Lipinski definition) is 3. The van der Waals surface area contributed by atoms with Gasteiger partial charge in [-0.05, 0) is 54.3 Å². The largest absolute Gasteiger partial charge is 0.489 e. The van der Waals surface area contributed by atoms with Crippen molar-refractivity contribution >= 4 is 23.5 Å². The van der Waals surface area contributed by atoms with E-state index in [1.54, 1.807) is 11.8 Å². The second-order valence-corrected chi connectivity index (χ2v) is 8.63. The number of amides is 2. The van der Waals surface area contributed by atoms with Crippen molar-refractivity contribution in [3.8, 4) is 5.75 Å². The fourth-order valence-electron chi connectivity index (χ4n) is 3.53. The zero-order chi connectivity index (χ0) is 20.9. The van der Waals surface area contributed by atoms with Crippen molar-refractivity contribution in [3.63, 3.8) is 0 Å². The van der Waals surface area contributed by atoms with E-state index in [-0.39, 0.29) is 11.4 Å². The van der Waals surface area contributed by atoms with Gasteiger partial charge < -0.3 is 15.0 Å². The first-order chi connectivity index (χ1) is 14.6. The van der Waals surface area contributed by atoms with Gasteiger partial charge in [-0.1, -0.05) is 54.6 Å². The van der Waals surface area contributed by atoms with Crippen LogP contribution in [0.4, 0.5) is 10.5 Å². The van der Waals surface area contributed by atoms with Crippen LogP contribution in [0.1, 0.15) is 27.6 Å². The Hall–Kier alpha value is -2.92. The zero-order valence-electron chi connectivity index (χ0n) is 17.3. The number of ether oxygens (including phenoxy) is 1. The van der Waals surface area contributed by atoms with Gasteiger partial charge in [0.2, 0.25) is 0 Å². The average molecular weight is 419 g/mol. The minimum Gasteiger partial charge on any atom is -0.489 e. The second-order valence-electron chi connectivity index (χ2n) is 7.44. The van der Waals surface area contributed by atoms with Crippen molar-refractivity contribution in [2.75, 3.05) is 17.6 Å². The molecule has 1 aliphatic heterocycles. The third-order valence-electron chi connectivity index (χ3n) is 5.39. The molecule has 4 rings (SSSR count). The molecule has 3 aromatic rings. The highest BCUT2D eigenvalue weighted by molar-refractivity contribution is 7.99. The van der Waals surface area contributed by atoms with E-state index in [1.165, 1.54) is 5.56 Å². The van der Waals surface area contributed by atoms with Gasteiger partial charge in [0, 0.05) is 18.0 Å². The summed E-state index contributed by atoms with van der Waals surface area (Å²) >= 11 is 1.78. The maximum Gasteiger partial charge on any atom is 0.323 e. The summed E-state index contributed by atoms with van der Waals surface area (Å²) < 4.78 is 5.98. The van der Waals surface area contributed by atoms with Crippen molar-refractivity contribution < 1.29 is 9.53 Å². The van der Waals surface area contributed by atoms with Crippen LogP contribution in [-0.4, -0.2) is 23.2 Å². The first-order valence-corrected chi connectivity index (χ1v) is 11.2. The number of benzene rings is 3. The highest BCUT2D eigenvalue weighted by Gasteiger charge is 2.31. The lowest BCUT2D eigenvalue weighted by molar-refractivity contribution is 0.214. The van der Waals surface area contributed by atoms with Gasteiger partial charge in [0.15, 0.2) is 0 Å². The number of aryl methyl sites for hydroxylation is 1. The number of nitrogens with one attached hydrogen (secondary N) is 1. The standard InChI is InChI=1S/C25H26N2O2S/c1-18-8-6-13-23(19(18)2)26-25(28)27-14-15-30-24(27)21-11-7-12-22(16-21)29-17-20-9-4-3-5-10-20/h3-13,16,24H,14-15,17H2,1-2H3,(H,26,28)/t24-/m1/s1. The van der Waals surface area contributed by atoms with Gasteiger partial charge in [0.25, 0.3) is 0 Å². The summed E-state index contributed by atoms with van der Waals surface area (Å²) in [5, 5.41) is 3.08. The Balaban J connectivity index is 1.46. The molecular weight excluding hydrogens is 392 g/mol. The summed E-state index contributed by atoms with van der Waals surface area (Å²) in [6, 6.07) is 24.1. The number of carbonyl (C=O) groups excluding carboxylic acids is 1. The van der Waals surface area contributed by atoms with E-state index < -0.39 is 0 Å². The molecule has 30 heavy (non-hydrogen) atoms. The van der Waals surface area contributed by atoms with Crippen LogP contribution in [0.25, 0.3) is 0 Å². The summed E-state index contributed by atoms with van der Waals surface area (Å²) in [7, 11) is 0. The normalized spacial score (nSPS) is 15.8. The van der Waals surface area contributed by atoms with Crippen LogP contribution < -0.4 is 10.1 Å².